The molecule has 16 heavy (non-hydrogen) atoms. The van der Waals surface area contributed by atoms with Crippen LogP contribution >= 0.6 is 11.3 Å². The standard InChI is InChI=1S/C10H11N3O2S/c14-9(15)6-11-4-7-5-12-13-10(7)8-2-1-3-16-8/h1-3,5,11H,4,6H2,(H,12,13)(H,14,15). The number of aromatic nitrogens is 2. The zero-order valence-corrected chi connectivity index (χ0v) is 9.25. The van der Waals surface area contributed by atoms with Crippen LogP contribution in [0.25, 0.3) is 10.6 Å². The minimum atomic E-state index is -0.860. The summed E-state index contributed by atoms with van der Waals surface area (Å²) in [6, 6.07) is 3.97. The quantitative estimate of drug-likeness (QED) is 0.732. The summed E-state index contributed by atoms with van der Waals surface area (Å²) in [5.41, 5.74) is 1.93. The van der Waals surface area contributed by atoms with E-state index in [1.165, 1.54) is 0 Å². The van der Waals surface area contributed by atoms with Crippen molar-refractivity contribution in [2.24, 2.45) is 0 Å². The van der Waals surface area contributed by atoms with E-state index < -0.39 is 5.97 Å². The van der Waals surface area contributed by atoms with Crippen LogP contribution in [-0.4, -0.2) is 27.8 Å². The number of thiophene rings is 1. The highest BCUT2D eigenvalue weighted by Crippen LogP contribution is 2.25. The van der Waals surface area contributed by atoms with Crippen molar-refractivity contribution in [1.82, 2.24) is 15.5 Å². The fraction of sp³-hybridized carbons (Fsp3) is 0.200. The maximum absolute atomic E-state index is 10.4. The molecule has 2 rings (SSSR count). The Labute approximate surface area is 96.1 Å². The molecule has 0 aliphatic carbocycles. The molecule has 0 aliphatic heterocycles. The molecule has 2 aromatic heterocycles. The lowest BCUT2D eigenvalue weighted by atomic mass is 10.2. The first-order valence-corrected chi connectivity index (χ1v) is 5.64. The van der Waals surface area contributed by atoms with Gasteiger partial charge in [0, 0.05) is 12.1 Å². The van der Waals surface area contributed by atoms with Crippen molar-refractivity contribution in [2.75, 3.05) is 6.54 Å². The second-order valence-electron chi connectivity index (χ2n) is 3.24. The number of hydrogen-bond acceptors (Lipinski definition) is 4. The molecule has 0 saturated carbocycles. The predicted octanol–water partition coefficient (Wildman–Crippen LogP) is 1.31. The van der Waals surface area contributed by atoms with Crippen LogP contribution in [0.1, 0.15) is 5.56 Å². The lowest BCUT2D eigenvalue weighted by molar-refractivity contribution is -0.135. The van der Waals surface area contributed by atoms with Gasteiger partial charge in [-0.1, -0.05) is 6.07 Å². The number of carbonyl (C=O) groups is 1. The van der Waals surface area contributed by atoms with Gasteiger partial charge in [0.05, 0.1) is 23.3 Å². The third-order valence-corrected chi connectivity index (χ3v) is 2.96. The summed E-state index contributed by atoms with van der Waals surface area (Å²) >= 11 is 1.62. The lowest BCUT2D eigenvalue weighted by Gasteiger charge is -2.01. The molecule has 0 amide bonds. The van der Waals surface area contributed by atoms with Gasteiger partial charge in [0.2, 0.25) is 0 Å². The molecule has 0 aromatic carbocycles. The van der Waals surface area contributed by atoms with Crippen molar-refractivity contribution >= 4 is 17.3 Å². The molecule has 0 atom stereocenters. The molecule has 2 aromatic rings. The average Bonchev–Trinajstić information content (AvgIpc) is 2.84. The Balaban J connectivity index is 2.05. The molecule has 6 heteroatoms. The summed E-state index contributed by atoms with van der Waals surface area (Å²) in [6.45, 7) is 0.449. The van der Waals surface area contributed by atoms with Crippen LogP contribution in [0.3, 0.4) is 0 Å². The maximum atomic E-state index is 10.4. The second kappa shape index (κ2) is 4.91. The number of nitrogens with one attached hydrogen (secondary N) is 2. The second-order valence-corrected chi connectivity index (χ2v) is 4.19. The van der Waals surface area contributed by atoms with Gasteiger partial charge in [-0.05, 0) is 11.4 Å². The Kier molecular flexibility index (Phi) is 3.33. The highest BCUT2D eigenvalue weighted by Gasteiger charge is 2.08. The largest absolute Gasteiger partial charge is 0.480 e. The van der Waals surface area contributed by atoms with Gasteiger partial charge < -0.3 is 10.4 Å². The zero-order chi connectivity index (χ0) is 11.4. The molecule has 0 spiro atoms. The van der Waals surface area contributed by atoms with Gasteiger partial charge in [0.15, 0.2) is 0 Å². The maximum Gasteiger partial charge on any atom is 0.317 e. The van der Waals surface area contributed by atoms with Gasteiger partial charge in [-0.3, -0.25) is 9.89 Å². The van der Waals surface area contributed by atoms with Crippen LogP contribution in [0.15, 0.2) is 23.7 Å². The van der Waals surface area contributed by atoms with Crippen molar-refractivity contribution < 1.29 is 9.90 Å². The van der Waals surface area contributed by atoms with Crippen LogP contribution in [0.2, 0.25) is 0 Å². The van der Waals surface area contributed by atoms with Gasteiger partial charge in [-0.25, -0.2) is 0 Å². The van der Waals surface area contributed by atoms with E-state index in [0.29, 0.717) is 6.54 Å². The van der Waals surface area contributed by atoms with E-state index in [1.54, 1.807) is 17.5 Å². The number of nitrogens with zero attached hydrogens (tertiary/aromatic N) is 1. The van der Waals surface area contributed by atoms with Crippen LogP contribution in [-0.2, 0) is 11.3 Å². The molecule has 0 bridgehead atoms. The van der Waals surface area contributed by atoms with E-state index in [-0.39, 0.29) is 6.54 Å². The van der Waals surface area contributed by atoms with Crippen LogP contribution in [0.4, 0.5) is 0 Å². The molecular weight excluding hydrogens is 226 g/mol. The van der Waals surface area contributed by atoms with E-state index in [0.717, 1.165) is 16.1 Å². The fourth-order valence-corrected chi connectivity index (χ4v) is 2.14. The Morgan fingerprint density at radius 3 is 3.19 bits per heavy atom. The third-order valence-electron chi connectivity index (χ3n) is 2.08. The Morgan fingerprint density at radius 2 is 2.50 bits per heavy atom. The number of carboxylic acid groups (broad SMARTS) is 1. The Bertz CT molecular complexity index is 464. The predicted molar refractivity (Wildman–Crippen MR) is 61.2 cm³/mol. The van der Waals surface area contributed by atoms with Crippen LogP contribution in [0.5, 0.6) is 0 Å². The Morgan fingerprint density at radius 1 is 1.62 bits per heavy atom. The van der Waals surface area contributed by atoms with Crippen molar-refractivity contribution in [3.63, 3.8) is 0 Å². The van der Waals surface area contributed by atoms with Gasteiger partial charge >= 0.3 is 5.97 Å². The molecule has 2 heterocycles. The number of H-pyrrole nitrogens is 1. The van der Waals surface area contributed by atoms with E-state index >= 15 is 0 Å². The number of aromatic amines is 1. The van der Waals surface area contributed by atoms with Crippen molar-refractivity contribution in [1.29, 1.82) is 0 Å². The van der Waals surface area contributed by atoms with Gasteiger partial charge in [-0.15, -0.1) is 11.3 Å². The molecule has 0 saturated heterocycles. The highest BCUT2D eigenvalue weighted by molar-refractivity contribution is 7.13. The van der Waals surface area contributed by atoms with E-state index in [1.807, 2.05) is 17.5 Å². The smallest absolute Gasteiger partial charge is 0.317 e. The van der Waals surface area contributed by atoms with E-state index in [4.69, 9.17) is 5.11 Å². The number of hydrogen-bond donors (Lipinski definition) is 3. The average molecular weight is 237 g/mol. The van der Waals surface area contributed by atoms with Gasteiger partial charge in [0.25, 0.3) is 0 Å². The van der Waals surface area contributed by atoms with E-state index in [9.17, 15) is 4.79 Å². The number of carboxylic acids is 1. The topological polar surface area (TPSA) is 78.0 Å². The van der Waals surface area contributed by atoms with Crippen molar-refractivity contribution in [2.45, 2.75) is 6.54 Å². The molecule has 0 fully saturated rings. The lowest BCUT2D eigenvalue weighted by Crippen LogP contribution is -2.21. The molecular formula is C10H11N3O2S. The van der Waals surface area contributed by atoms with Gasteiger partial charge in [0.1, 0.15) is 0 Å². The summed E-state index contributed by atoms with van der Waals surface area (Å²) in [5.74, 6) is -0.860. The molecule has 0 aliphatic rings. The molecule has 3 N–H and O–H groups in total. The molecule has 84 valence electrons. The first-order valence-electron chi connectivity index (χ1n) is 4.76. The molecule has 0 radical (unpaired) electrons. The SMILES string of the molecule is O=C(O)CNCc1cn[nH]c1-c1cccs1. The van der Waals surface area contributed by atoms with Crippen molar-refractivity contribution in [3.8, 4) is 10.6 Å². The minimum absolute atomic E-state index is 0.0466. The zero-order valence-electron chi connectivity index (χ0n) is 8.43. The Hall–Kier alpha value is -1.66. The minimum Gasteiger partial charge on any atom is -0.480 e. The molecule has 0 unspecified atom stereocenters. The summed E-state index contributed by atoms with van der Waals surface area (Å²) in [4.78, 5) is 11.5. The first-order chi connectivity index (χ1) is 7.77. The normalized spacial score (nSPS) is 10.5. The van der Waals surface area contributed by atoms with Crippen molar-refractivity contribution in [3.05, 3.63) is 29.3 Å². The molecule has 5 nitrogen and oxygen atoms in total. The summed E-state index contributed by atoms with van der Waals surface area (Å²) in [7, 11) is 0. The third kappa shape index (κ3) is 2.47. The fourth-order valence-electron chi connectivity index (χ4n) is 1.38. The summed E-state index contributed by atoms with van der Waals surface area (Å²) in [6.07, 6.45) is 1.71. The monoisotopic (exact) mass is 237 g/mol. The summed E-state index contributed by atoms with van der Waals surface area (Å²) < 4.78 is 0. The first kappa shape index (κ1) is 10.8. The van der Waals surface area contributed by atoms with Gasteiger partial charge in [-0.2, -0.15) is 5.10 Å². The number of aliphatic carboxylic acids is 1. The highest BCUT2D eigenvalue weighted by atomic mass is 32.1. The van der Waals surface area contributed by atoms with Crippen LogP contribution in [0, 0.1) is 0 Å². The summed E-state index contributed by atoms with van der Waals surface area (Å²) in [5, 5.41) is 20.2. The van der Waals surface area contributed by atoms with Crippen LogP contribution < -0.4 is 5.32 Å². The number of rotatable bonds is 5. The van der Waals surface area contributed by atoms with E-state index in [2.05, 4.69) is 15.5 Å².